The summed E-state index contributed by atoms with van der Waals surface area (Å²) in [5.41, 5.74) is -2.31. The van der Waals surface area contributed by atoms with Gasteiger partial charge in [-0.15, -0.1) is 0 Å². The first kappa shape index (κ1) is 24.8. The van der Waals surface area contributed by atoms with Crippen LogP contribution in [0.25, 0.3) is 0 Å². The molecule has 0 aromatic carbocycles. The minimum atomic E-state index is -1.25. The van der Waals surface area contributed by atoms with E-state index in [4.69, 9.17) is 28.1 Å². The van der Waals surface area contributed by atoms with Crippen molar-refractivity contribution in [3.05, 3.63) is 24.2 Å². The molecule has 2 saturated carbocycles. The van der Waals surface area contributed by atoms with Gasteiger partial charge in [-0.25, -0.2) is 0 Å². The Labute approximate surface area is 208 Å². The number of rotatable bonds is 5. The van der Waals surface area contributed by atoms with E-state index in [1.807, 2.05) is 6.92 Å². The van der Waals surface area contributed by atoms with E-state index < -0.39 is 52.7 Å². The number of carbonyl (C=O) groups is 4. The first-order valence-corrected chi connectivity index (χ1v) is 12.4. The Morgan fingerprint density at radius 1 is 1.08 bits per heavy atom. The van der Waals surface area contributed by atoms with Crippen molar-refractivity contribution in [3.8, 4) is 0 Å². The quantitative estimate of drug-likeness (QED) is 0.335. The van der Waals surface area contributed by atoms with Crippen LogP contribution >= 0.6 is 0 Å². The van der Waals surface area contributed by atoms with Gasteiger partial charge in [0.25, 0.3) is 0 Å². The average molecular weight is 505 g/mol. The van der Waals surface area contributed by atoms with Crippen LogP contribution in [-0.2, 0) is 42.9 Å². The predicted octanol–water partition coefficient (Wildman–Crippen LogP) is 2.89. The third-order valence-corrected chi connectivity index (χ3v) is 8.69. The van der Waals surface area contributed by atoms with Crippen molar-refractivity contribution < 1.29 is 47.3 Å². The lowest BCUT2D eigenvalue weighted by Crippen LogP contribution is -2.69. The summed E-state index contributed by atoms with van der Waals surface area (Å²) in [6.45, 7) is 6.00. The molecule has 2 saturated heterocycles. The number of furan rings is 1. The maximum atomic E-state index is 13.7. The number of hydrogen-bond acceptors (Lipinski definition) is 10. The standard InChI is InChI=1S/C26H32O10/c1-14-9-24(36-17(4)29,12-32-15(2)27)22-19(5-6-21(34-16(3)28)26(22)13-33-26)25(14)10-20(35-23(25)30)18-7-8-31-11-18/h7-8,11,14,19-22H,5-6,9-10,12-13H2,1-4H3/t14?,19?,20?,21?,22?,24-,25?,26?/m0/s1. The molecule has 2 aliphatic carbocycles. The van der Waals surface area contributed by atoms with Crippen LogP contribution in [0.3, 0.4) is 0 Å². The lowest BCUT2D eigenvalue weighted by atomic mass is 9.45. The van der Waals surface area contributed by atoms with E-state index in [1.54, 1.807) is 18.6 Å². The molecular weight excluding hydrogens is 472 g/mol. The average Bonchev–Trinajstić information content (AvgIpc) is 3.21. The van der Waals surface area contributed by atoms with E-state index in [9.17, 15) is 19.2 Å². The van der Waals surface area contributed by atoms with E-state index >= 15 is 0 Å². The summed E-state index contributed by atoms with van der Waals surface area (Å²) in [4.78, 5) is 50.0. The fraction of sp³-hybridized carbons (Fsp3) is 0.692. The maximum absolute atomic E-state index is 13.7. The second-order valence-corrected chi connectivity index (χ2v) is 10.7. The topological polar surface area (TPSA) is 131 Å². The van der Waals surface area contributed by atoms with Crippen molar-refractivity contribution in [1.29, 1.82) is 0 Å². The highest BCUT2D eigenvalue weighted by Crippen LogP contribution is 2.68. The molecule has 2 aliphatic heterocycles. The van der Waals surface area contributed by atoms with E-state index in [-0.39, 0.29) is 37.4 Å². The van der Waals surface area contributed by atoms with Gasteiger partial charge in [-0.2, -0.15) is 0 Å². The molecule has 36 heavy (non-hydrogen) atoms. The normalized spacial score (nSPS) is 40.9. The Bertz CT molecular complexity index is 1060. The molecule has 0 radical (unpaired) electrons. The number of ether oxygens (including phenoxy) is 5. The van der Waals surface area contributed by atoms with Crippen LogP contribution in [0.4, 0.5) is 0 Å². The Hall–Kier alpha value is -2.88. The number of carbonyl (C=O) groups excluding carboxylic acids is 4. The molecule has 10 heteroatoms. The Morgan fingerprint density at radius 3 is 2.42 bits per heavy atom. The highest BCUT2D eigenvalue weighted by Gasteiger charge is 2.77. The third kappa shape index (κ3) is 3.72. The molecule has 196 valence electrons. The molecule has 0 amide bonds. The summed E-state index contributed by atoms with van der Waals surface area (Å²) in [7, 11) is 0. The first-order chi connectivity index (χ1) is 17.0. The lowest BCUT2D eigenvalue weighted by Gasteiger charge is -2.59. The number of fused-ring (bicyclic) bond motifs is 3. The van der Waals surface area contributed by atoms with Crippen molar-refractivity contribution in [3.63, 3.8) is 0 Å². The Morgan fingerprint density at radius 2 is 1.83 bits per heavy atom. The second-order valence-electron chi connectivity index (χ2n) is 10.7. The van der Waals surface area contributed by atoms with Crippen LogP contribution in [0.1, 0.15) is 65.0 Å². The monoisotopic (exact) mass is 504 g/mol. The lowest BCUT2D eigenvalue weighted by molar-refractivity contribution is -0.238. The van der Waals surface area contributed by atoms with Crippen molar-refractivity contribution in [2.24, 2.45) is 23.2 Å². The Kier molecular flexibility index (Phi) is 5.93. The van der Waals surface area contributed by atoms with Crippen LogP contribution in [0, 0.1) is 23.2 Å². The summed E-state index contributed by atoms with van der Waals surface area (Å²) in [6, 6.07) is 1.79. The number of esters is 4. The summed E-state index contributed by atoms with van der Waals surface area (Å²) < 4.78 is 34.4. The molecule has 4 fully saturated rings. The fourth-order valence-electron chi connectivity index (χ4n) is 7.46. The van der Waals surface area contributed by atoms with E-state index in [0.29, 0.717) is 19.3 Å². The number of epoxide rings is 1. The van der Waals surface area contributed by atoms with Crippen LogP contribution in [0.2, 0.25) is 0 Å². The highest BCUT2D eigenvalue weighted by atomic mass is 16.6. The highest BCUT2D eigenvalue weighted by molar-refractivity contribution is 5.81. The van der Waals surface area contributed by atoms with Gasteiger partial charge in [0.2, 0.25) is 0 Å². The van der Waals surface area contributed by atoms with Gasteiger partial charge in [0.15, 0.2) is 5.60 Å². The molecule has 2 spiro atoms. The van der Waals surface area contributed by atoms with Gasteiger partial charge in [-0.3, -0.25) is 19.2 Å². The zero-order valence-corrected chi connectivity index (χ0v) is 20.9. The van der Waals surface area contributed by atoms with Crippen molar-refractivity contribution in [1.82, 2.24) is 0 Å². The summed E-state index contributed by atoms with van der Waals surface area (Å²) >= 11 is 0. The first-order valence-electron chi connectivity index (χ1n) is 12.4. The third-order valence-electron chi connectivity index (χ3n) is 8.69. The van der Waals surface area contributed by atoms with Gasteiger partial charge < -0.3 is 28.1 Å². The fourth-order valence-corrected chi connectivity index (χ4v) is 7.46. The van der Waals surface area contributed by atoms with Crippen LogP contribution < -0.4 is 0 Å². The maximum Gasteiger partial charge on any atom is 0.313 e. The van der Waals surface area contributed by atoms with Crippen molar-refractivity contribution in [2.45, 2.75) is 76.8 Å². The SMILES string of the molecule is CC(=O)OC[C@@]1(OC(C)=O)CC(C)C2(CC(c3ccoc3)OC2=O)C2CCC(OC(C)=O)C3(CO3)C21. The van der Waals surface area contributed by atoms with Crippen LogP contribution in [0.5, 0.6) is 0 Å². The van der Waals surface area contributed by atoms with Gasteiger partial charge >= 0.3 is 23.9 Å². The smallest absolute Gasteiger partial charge is 0.313 e. The molecule has 4 aliphatic rings. The predicted molar refractivity (Wildman–Crippen MR) is 120 cm³/mol. The number of cyclic esters (lactones) is 1. The van der Waals surface area contributed by atoms with Crippen LogP contribution in [0.15, 0.2) is 23.0 Å². The van der Waals surface area contributed by atoms with Gasteiger partial charge in [0.1, 0.15) is 24.4 Å². The van der Waals surface area contributed by atoms with Gasteiger partial charge in [0.05, 0.1) is 24.5 Å². The number of hydrogen-bond donors (Lipinski definition) is 0. The summed E-state index contributed by atoms with van der Waals surface area (Å²) in [5.74, 6) is -2.93. The largest absolute Gasteiger partial charge is 0.472 e. The second kappa shape index (κ2) is 8.61. The van der Waals surface area contributed by atoms with E-state index in [2.05, 4.69) is 0 Å². The molecule has 1 aromatic rings. The van der Waals surface area contributed by atoms with Crippen molar-refractivity contribution >= 4 is 23.9 Å². The molecule has 7 unspecified atom stereocenters. The molecule has 0 N–H and O–H groups in total. The molecular formula is C26H32O10. The summed E-state index contributed by atoms with van der Waals surface area (Å²) in [6.07, 6.45) is 3.79. The van der Waals surface area contributed by atoms with Crippen LogP contribution in [-0.4, -0.2) is 54.4 Å². The molecule has 5 rings (SSSR count). The van der Waals surface area contributed by atoms with E-state index in [1.165, 1.54) is 20.8 Å². The molecule has 3 heterocycles. The minimum absolute atomic E-state index is 0.179. The summed E-state index contributed by atoms with van der Waals surface area (Å²) in [5, 5.41) is 0. The van der Waals surface area contributed by atoms with Gasteiger partial charge in [-0.05, 0) is 37.2 Å². The van der Waals surface area contributed by atoms with Gasteiger partial charge in [-0.1, -0.05) is 6.92 Å². The molecule has 10 nitrogen and oxygen atoms in total. The zero-order valence-electron chi connectivity index (χ0n) is 20.9. The van der Waals surface area contributed by atoms with Gasteiger partial charge in [0, 0.05) is 38.7 Å². The zero-order chi connectivity index (χ0) is 25.9. The molecule has 8 atom stereocenters. The minimum Gasteiger partial charge on any atom is -0.472 e. The van der Waals surface area contributed by atoms with Crippen molar-refractivity contribution in [2.75, 3.05) is 13.2 Å². The molecule has 0 bridgehead atoms. The van der Waals surface area contributed by atoms with E-state index in [0.717, 1.165) is 5.56 Å². The molecule has 1 aromatic heterocycles. The Balaban J connectivity index is 1.61.